The Morgan fingerprint density at radius 3 is 2.42 bits per heavy atom. The summed E-state index contributed by atoms with van der Waals surface area (Å²) in [4.78, 5) is 7.23. The van der Waals surface area contributed by atoms with E-state index in [1.54, 1.807) is 0 Å². The molecule has 1 fully saturated rings. The van der Waals surface area contributed by atoms with Crippen LogP contribution < -0.4 is 5.73 Å². The van der Waals surface area contributed by atoms with Gasteiger partial charge in [0.2, 0.25) is 0 Å². The van der Waals surface area contributed by atoms with E-state index in [1.165, 1.54) is 24.0 Å². The molecule has 3 atom stereocenters. The van der Waals surface area contributed by atoms with Crippen LogP contribution in [0.1, 0.15) is 42.9 Å². The number of rotatable bonds is 4. The first-order valence-electron chi connectivity index (χ1n) is 9.02. The third-order valence-electron chi connectivity index (χ3n) is 5.46. The van der Waals surface area contributed by atoms with E-state index in [0.29, 0.717) is 12.1 Å². The first-order valence-corrected chi connectivity index (χ1v) is 9.02. The van der Waals surface area contributed by atoms with E-state index >= 15 is 0 Å². The van der Waals surface area contributed by atoms with E-state index in [-0.39, 0.29) is 6.04 Å². The summed E-state index contributed by atoms with van der Waals surface area (Å²) in [5, 5.41) is 0. The molecule has 0 saturated carbocycles. The van der Waals surface area contributed by atoms with Crippen molar-refractivity contribution in [1.82, 2.24) is 4.90 Å². The normalized spacial score (nSPS) is 26.1. The van der Waals surface area contributed by atoms with Crippen molar-refractivity contribution in [1.29, 1.82) is 0 Å². The topological polar surface area (TPSA) is 41.6 Å². The molecule has 2 aromatic carbocycles. The van der Waals surface area contributed by atoms with Gasteiger partial charge in [-0.05, 0) is 43.2 Å². The van der Waals surface area contributed by atoms with Gasteiger partial charge in [0, 0.05) is 12.1 Å². The van der Waals surface area contributed by atoms with Crippen molar-refractivity contribution >= 4 is 5.96 Å². The molecule has 3 nitrogen and oxygen atoms in total. The van der Waals surface area contributed by atoms with Gasteiger partial charge in [-0.1, -0.05) is 60.7 Å². The molecule has 0 spiro atoms. The summed E-state index contributed by atoms with van der Waals surface area (Å²) in [6, 6.07) is 22.6. The van der Waals surface area contributed by atoms with Gasteiger partial charge in [-0.25, -0.2) is 4.99 Å². The lowest BCUT2D eigenvalue weighted by Gasteiger charge is -2.37. The molecule has 3 heteroatoms. The first kappa shape index (κ1) is 15.3. The Kier molecular flexibility index (Phi) is 4.24. The minimum atomic E-state index is 0.223. The van der Waals surface area contributed by atoms with Crippen LogP contribution in [0.25, 0.3) is 0 Å². The van der Waals surface area contributed by atoms with Gasteiger partial charge in [0.1, 0.15) is 0 Å². The van der Waals surface area contributed by atoms with Crippen LogP contribution in [0, 0.1) is 0 Å². The summed E-state index contributed by atoms with van der Waals surface area (Å²) < 4.78 is 0. The van der Waals surface area contributed by atoms with Crippen LogP contribution in [-0.4, -0.2) is 22.9 Å². The molecule has 2 aromatic rings. The number of aliphatic imine (C=N–C) groups is 1. The van der Waals surface area contributed by atoms with Crippen molar-refractivity contribution in [3.05, 3.63) is 71.8 Å². The molecule has 0 radical (unpaired) electrons. The Balaban J connectivity index is 1.46. The number of nitrogens with zero attached hydrogens (tertiary/aromatic N) is 2. The first-order chi connectivity index (χ1) is 11.8. The molecule has 4 rings (SSSR count). The molecule has 24 heavy (non-hydrogen) atoms. The number of hydrogen-bond donors (Lipinski definition) is 1. The van der Waals surface area contributed by atoms with E-state index in [1.807, 2.05) is 0 Å². The monoisotopic (exact) mass is 319 g/mol. The minimum absolute atomic E-state index is 0.223. The molecule has 0 unspecified atom stereocenters. The van der Waals surface area contributed by atoms with Crippen molar-refractivity contribution in [3.63, 3.8) is 0 Å². The molecule has 0 amide bonds. The van der Waals surface area contributed by atoms with Gasteiger partial charge in [-0.15, -0.1) is 0 Å². The van der Waals surface area contributed by atoms with Crippen molar-refractivity contribution in [2.75, 3.05) is 0 Å². The van der Waals surface area contributed by atoms with E-state index < -0.39 is 0 Å². The van der Waals surface area contributed by atoms with Gasteiger partial charge in [0.15, 0.2) is 5.96 Å². The molecular weight excluding hydrogens is 294 g/mol. The van der Waals surface area contributed by atoms with Crippen molar-refractivity contribution in [2.24, 2.45) is 10.7 Å². The van der Waals surface area contributed by atoms with Crippen LogP contribution in [0.5, 0.6) is 0 Å². The quantitative estimate of drug-likeness (QED) is 0.928. The average Bonchev–Trinajstić information content (AvgIpc) is 3.05. The fourth-order valence-corrected chi connectivity index (χ4v) is 4.25. The second kappa shape index (κ2) is 6.68. The molecule has 2 aliphatic heterocycles. The Morgan fingerprint density at radius 2 is 1.67 bits per heavy atom. The van der Waals surface area contributed by atoms with Crippen LogP contribution >= 0.6 is 0 Å². The van der Waals surface area contributed by atoms with Gasteiger partial charge in [0.05, 0.1) is 6.04 Å². The number of fused-ring (bicyclic) bond motifs is 1. The SMILES string of the molecule is NC1=N[C@@H](c2ccccc2)C[C@H]2CC[C@H](CCc3ccccc3)N12. The highest BCUT2D eigenvalue weighted by molar-refractivity contribution is 5.80. The van der Waals surface area contributed by atoms with Gasteiger partial charge in [0.25, 0.3) is 0 Å². The third-order valence-corrected chi connectivity index (χ3v) is 5.46. The Hall–Kier alpha value is -2.29. The Bertz CT molecular complexity index is 696. The maximum atomic E-state index is 6.38. The van der Waals surface area contributed by atoms with Gasteiger partial charge < -0.3 is 10.6 Å². The summed E-state index contributed by atoms with van der Waals surface area (Å²) in [5.41, 5.74) is 9.08. The van der Waals surface area contributed by atoms with Gasteiger partial charge in [-0.2, -0.15) is 0 Å². The Morgan fingerprint density at radius 1 is 0.958 bits per heavy atom. The maximum Gasteiger partial charge on any atom is 0.192 e. The molecule has 0 bridgehead atoms. The largest absolute Gasteiger partial charge is 0.370 e. The number of hydrogen-bond acceptors (Lipinski definition) is 3. The minimum Gasteiger partial charge on any atom is -0.370 e. The molecule has 124 valence electrons. The smallest absolute Gasteiger partial charge is 0.192 e. The van der Waals surface area contributed by atoms with Crippen LogP contribution in [0.4, 0.5) is 0 Å². The van der Waals surface area contributed by atoms with Crippen LogP contribution in [0.2, 0.25) is 0 Å². The molecular formula is C21H25N3. The fourth-order valence-electron chi connectivity index (χ4n) is 4.25. The standard InChI is InChI=1S/C21H25N3/c22-21-23-20(17-9-5-2-6-10-17)15-19-14-13-18(24(19)21)12-11-16-7-3-1-4-8-16/h1-10,18-20H,11-15H2,(H2,22,23)/t18-,19+,20+/m0/s1. The molecule has 2 N–H and O–H groups in total. The number of benzene rings is 2. The molecule has 0 aromatic heterocycles. The zero-order chi connectivity index (χ0) is 16.4. The van der Waals surface area contributed by atoms with Crippen LogP contribution in [0.3, 0.4) is 0 Å². The third kappa shape index (κ3) is 3.03. The lowest BCUT2D eigenvalue weighted by molar-refractivity contribution is 0.256. The van der Waals surface area contributed by atoms with E-state index in [4.69, 9.17) is 10.7 Å². The van der Waals surface area contributed by atoms with Crippen LogP contribution in [0.15, 0.2) is 65.7 Å². The van der Waals surface area contributed by atoms with E-state index in [2.05, 4.69) is 65.6 Å². The van der Waals surface area contributed by atoms with Crippen molar-refractivity contribution in [2.45, 2.75) is 50.2 Å². The lowest BCUT2D eigenvalue weighted by atomic mass is 9.97. The second-order valence-corrected chi connectivity index (χ2v) is 6.97. The van der Waals surface area contributed by atoms with E-state index in [9.17, 15) is 0 Å². The predicted molar refractivity (Wildman–Crippen MR) is 98.8 cm³/mol. The van der Waals surface area contributed by atoms with Crippen molar-refractivity contribution < 1.29 is 0 Å². The number of nitrogens with two attached hydrogens (primary N) is 1. The van der Waals surface area contributed by atoms with Crippen LogP contribution in [-0.2, 0) is 6.42 Å². The lowest BCUT2D eigenvalue weighted by Crippen LogP contribution is -2.48. The molecule has 0 aliphatic carbocycles. The van der Waals surface area contributed by atoms with E-state index in [0.717, 1.165) is 25.2 Å². The zero-order valence-electron chi connectivity index (χ0n) is 14.0. The fraction of sp³-hybridized carbons (Fsp3) is 0.381. The number of aryl methyl sites for hydroxylation is 1. The van der Waals surface area contributed by atoms with Crippen molar-refractivity contribution in [3.8, 4) is 0 Å². The summed E-state index contributed by atoms with van der Waals surface area (Å²) in [6.07, 6.45) is 5.83. The van der Waals surface area contributed by atoms with Gasteiger partial charge >= 0.3 is 0 Å². The highest BCUT2D eigenvalue weighted by Gasteiger charge is 2.39. The van der Waals surface area contributed by atoms with Gasteiger partial charge in [-0.3, -0.25) is 0 Å². The molecule has 1 saturated heterocycles. The summed E-state index contributed by atoms with van der Waals surface area (Å²) >= 11 is 0. The summed E-state index contributed by atoms with van der Waals surface area (Å²) in [7, 11) is 0. The number of guanidine groups is 1. The molecule has 2 heterocycles. The summed E-state index contributed by atoms with van der Waals surface area (Å²) in [5.74, 6) is 0.746. The predicted octanol–water partition coefficient (Wildman–Crippen LogP) is 3.91. The second-order valence-electron chi connectivity index (χ2n) is 6.97. The zero-order valence-corrected chi connectivity index (χ0v) is 14.0. The molecule has 2 aliphatic rings. The highest BCUT2D eigenvalue weighted by atomic mass is 15.3. The average molecular weight is 319 g/mol. The maximum absolute atomic E-state index is 6.38. The Labute approximate surface area is 144 Å². The summed E-state index contributed by atoms with van der Waals surface area (Å²) in [6.45, 7) is 0. The highest BCUT2D eigenvalue weighted by Crippen LogP contribution is 2.37.